The SMILES string of the molecule is COc1cc(OC)cc(N2CCCN(Cc3ccc(C(=O)O)cc3)CC2)c1. The second-order valence-corrected chi connectivity index (χ2v) is 6.69. The minimum atomic E-state index is -0.888. The average Bonchev–Trinajstić information content (AvgIpc) is 2.93. The summed E-state index contributed by atoms with van der Waals surface area (Å²) in [6, 6.07) is 13.1. The number of ether oxygens (including phenoxy) is 2. The van der Waals surface area contributed by atoms with Crippen LogP contribution in [-0.2, 0) is 6.54 Å². The van der Waals surface area contributed by atoms with Gasteiger partial charge in [-0.05, 0) is 24.1 Å². The van der Waals surface area contributed by atoms with Crippen LogP contribution in [0, 0.1) is 0 Å². The molecule has 0 aliphatic carbocycles. The molecule has 0 saturated carbocycles. The van der Waals surface area contributed by atoms with E-state index in [9.17, 15) is 4.79 Å². The molecule has 1 aliphatic rings. The molecular formula is C21H26N2O4. The first-order chi connectivity index (χ1) is 13.1. The summed E-state index contributed by atoms with van der Waals surface area (Å²) in [4.78, 5) is 15.7. The number of methoxy groups -OCH3 is 2. The van der Waals surface area contributed by atoms with E-state index in [4.69, 9.17) is 14.6 Å². The van der Waals surface area contributed by atoms with Gasteiger partial charge in [-0.25, -0.2) is 4.79 Å². The highest BCUT2D eigenvalue weighted by molar-refractivity contribution is 5.87. The molecule has 0 amide bonds. The van der Waals surface area contributed by atoms with Crippen LogP contribution in [0.5, 0.6) is 11.5 Å². The second kappa shape index (κ2) is 8.77. The molecule has 3 rings (SSSR count). The van der Waals surface area contributed by atoms with E-state index in [-0.39, 0.29) is 0 Å². The number of carboxylic acids is 1. The average molecular weight is 370 g/mol. The third-order valence-corrected chi connectivity index (χ3v) is 4.90. The van der Waals surface area contributed by atoms with E-state index in [0.29, 0.717) is 5.56 Å². The van der Waals surface area contributed by atoms with Gasteiger partial charge in [0.25, 0.3) is 0 Å². The van der Waals surface area contributed by atoms with Crippen LogP contribution in [0.3, 0.4) is 0 Å². The normalized spacial score (nSPS) is 15.3. The fraction of sp³-hybridized carbons (Fsp3) is 0.381. The Kier molecular flexibility index (Phi) is 6.19. The van der Waals surface area contributed by atoms with Crippen molar-refractivity contribution in [3.63, 3.8) is 0 Å². The highest BCUT2D eigenvalue weighted by atomic mass is 16.5. The van der Waals surface area contributed by atoms with Crippen LogP contribution in [0.15, 0.2) is 42.5 Å². The van der Waals surface area contributed by atoms with Gasteiger partial charge < -0.3 is 19.5 Å². The molecular weight excluding hydrogens is 344 g/mol. The standard InChI is InChI=1S/C21H26N2O4/c1-26-19-12-18(13-20(14-19)27-2)23-9-3-8-22(10-11-23)15-16-4-6-17(7-5-16)21(24)25/h4-7,12-14H,3,8-11,15H2,1-2H3,(H,24,25). The van der Waals surface area contributed by atoms with Gasteiger partial charge in [-0.15, -0.1) is 0 Å². The lowest BCUT2D eigenvalue weighted by molar-refractivity contribution is 0.0697. The van der Waals surface area contributed by atoms with Crippen LogP contribution in [0.2, 0.25) is 0 Å². The molecule has 1 fully saturated rings. The number of hydrogen-bond donors (Lipinski definition) is 1. The number of aromatic carboxylic acids is 1. The maximum absolute atomic E-state index is 11.0. The zero-order chi connectivity index (χ0) is 19.2. The van der Waals surface area contributed by atoms with Crippen molar-refractivity contribution >= 4 is 11.7 Å². The monoisotopic (exact) mass is 370 g/mol. The summed E-state index contributed by atoms with van der Waals surface area (Å²) in [5.74, 6) is 0.702. The zero-order valence-corrected chi connectivity index (χ0v) is 15.9. The van der Waals surface area contributed by atoms with Gasteiger partial charge in [-0.3, -0.25) is 4.90 Å². The van der Waals surface area contributed by atoms with Gasteiger partial charge in [0, 0.05) is 56.6 Å². The van der Waals surface area contributed by atoms with Gasteiger partial charge in [0.1, 0.15) is 11.5 Å². The van der Waals surface area contributed by atoms with Crippen LogP contribution in [0.1, 0.15) is 22.3 Å². The van der Waals surface area contributed by atoms with Gasteiger partial charge in [0.15, 0.2) is 0 Å². The Hall–Kier alpha value is -2.73. The summed E-state index contributed by atoms with van der Waals surface area (Å²) >= 11 is 0. The third kappa shape index (κ3) is 4.92. The van der Waals surface area contributed by atoms with E-state index >= 15 is 0 Å². The Morgan fingerprint density at radius 3 is 2.22 bits per heavy atom. The second-order valence-electron chi connectivity index (χ2n) is 6.69. The number of carbonyl (C=O) groups is 1. The molecule has 6 nitrogen and oxygen atoms in total. The third-order valence-electron chi connectivity index (χ3n) is 4.90. The van der Waals surface area contributed by atoms with E-state index < -0.39 is 5.97 Å². The van der Waals surface area contributed by atoms with Gasteiger partial charge in [-0.2, -0.15) is 0 Å². The first kappa shape index (κ1) is 19.0. The number of hydrogen-bond acceptors (Lipinski definition) is 5. The fourth-order valence-electron chi connectivity index (χ4n) is 3.37. The zero-order valence-electron chi connectivity index (χ0n) is 15.9. The highest BCUT2D eigenvalue weighted by Crippen LogP contribution is 2.29. The van der Waals surface area contributed by atoms with Gasteiger partial charge in [0.05, 0.1) is 19.8 Å². The van der Waals surface area contributed by atoms with Crippen molar-refractivity contribution in [2.75, 3.05) is 45.3 Å². The topological polar surface area (TPSA) is 62.2 Å². The molecule has 144 valence electrons. The smallest absolute Gasteiger partial charge is 0.335 e. The molecule has 0 aromatic heterocycles. The number of anilines is 1. The van der Waals surface area contributed by atoms with E-state index in [1.807, 2.05) is 30.3 Å². The summed E-state index contributed by atoms with van der Waals surface area (Å²) in [6.45, 7) is 4.68. The van der Waals surface area contributed by atoms with Gasteiger partial charge in [-0.1, -0.05) is 12.1 Å². The Morgan fingerprint density at radius 2 is 1.63 bits per heavy atom. The summed E-state index contributed by atoms with van der Waals surface area (Å²) in [6.07, 6.45) is 1.06. The number of rotatable bonds is 6. The molecule has 0 unspecified atom stereocenters. The van der Waals surface area contributed by atoms with E-state index in [1.54, 1.807) is 26.4 Å². The molecule has 2 aromatic rings. The van der Waals surface area contributed by atoms with Crippen LogP contribution < -0.4 is 14.4 Å². The summed E-state index contributed by atoms with van der Waals surface area (Å²) in [5.41, 5.74) is 2.57. The van der Waals surface area contributed by atoms with Crippen molar-refractivity contribution in [3.8, 4) is 11.5 Å². The Morgan fingerprint density at radius 1 is 0.963 bits per heavy atom. The highest BCUT2D eigenvalue weighted by Gasteiger charge is 2.17. The van der Waals surface area contributed by atoms with Crippen molar-refractivity contribution in [1.29, 1.82) is 0 Å². The number of nitrogens with zero attached hydrogens (tertiary/aromatic N) is 2. The Bertz CT molecular complexity index is 754. The van der Waals surface area contributed by atoms with Crippen molar-refractivity contribution in [2.24, 2.45) is 0 Å². The van der Waals surface area contributed by atoms with Crippen LogP contribution in [0.4, 0.5) is 5.69 Å². The van der Waals surface area contributed by atoms with Crippen molar-refractivity contribution in [1.82, 2.24) is 4.90 Å². The summed E-state index contributed by atoms with van der Waals surface area (Å²) in [7, 11) is 3.33. The molecule has 0 radical (unpaired) electrons. The first-order valence-corrected chi connectivity index (χ1v) is 9.11. The molecule has 2 aromatic carbocycles. The first-order valence-electron chi connectivity index (χ1n) is 9.11. The molecule has 27 heavy (non-hydrogen) atoms. The molecule has 0 atom stereocenters. The number of benzene rings is 2. The van der Waals surface area contributed by atoms with Gasteiger partial charge in [0.2, 0.25) is 0 Å². The quantitative estimate of drug-likeness (QED) is 0.843. The predicted octanol–water partition coefficient (Wildman–Crippen LogP) is 3.11. The maximum atomic E-state index is 11.0. The lowest BCUT2D eigenvalue weighted by atomic mass is 10.1. The van der Waals surface area contributed by atoms with E-state index in [2.05, 4.69) is 9.80 Å². The van der Waals surface area contributed by atoms with Crippen molar-refractivity contribution < 1.29 is 19.4 Å². The van der Waals surface area contributed by atoms with Crippen LogP contribution >= 0.6 is 0 Å². The molecule has 1 N–H and O–H groups in total. The number of carboxylic acid groups (broad SMARTS) is 1. The van der Waals surface area contributed by atoms with Crippen molar-refractivity contribution in [2.45, 2.75) is 13.0 Å². The maximum Gasteiger partial charge on any atom is 0.335 e. The van der Waals surface area contributed by atoms with Gasteiger partial charge >= 0.3 is 5.97 Å². The molecule has 6 heteroatoms. The Labute approximate surface area is 159 Å². The van der Waals surface area contributed by atoms with E-state index in [1.165, 1.54) is 0 Å². The lowest BCUT2D eigenvalue weighted by Crippen LogP contribution is -2.30. The molecule has 0 spiro atoms. The summed E-state index contributed by atoms with van der Waals surface area (Å²) in [5, 5.41) is 9.01. The molecule has 0 bridgehead atoms. The van der Waals surface area contributed by atoms with Crippen molar-refractivity contribution in [3.05, 3.63) is 53.6 Å². The van der Waals surface area contributed by atoms with E-state index in [0.717, 1.165) is 61.9 Å². The predicted molar refractivity (Wildman–Crippen MR) is 105 cm³/mol. The van der Waals surface area contributed by atoms with Crippen LogP contribution in [-0.4, -0.2) is 56.4 Å². The lowest BCUT2D eigenvalue weighted by Gasteiger charge is -2.24. The minimum Gasteiger partial charge on any atom is -0.497 e. The fourth-order valence-corrected chi connectivity index (χ4v) is 3.37. The Balaban J connectivity index is 1.64. The summed E-state index contributed by atoms with van der Waals surface area (Å²) < 4.78 is 10.8. The molecule has 1 saturated heterocycles. The molecule has 1 aliphatic heterocycles. The molecule has 1 heterocycles. The van der Waals surface area contributed by atoms with Crippen LogP contribution in [0.25, 0.3) is 0 Å². The largest absolute Gasteiger partial charge is 0.497 e. The minimum absolute atomic E-state index is 0.327.